The van der Waals surface area contributed by atoms with Crippen LogP contribution >= 0.6 is 27.3 Å². The summed E-state index contributed by atoms with van der Waals surface area (Å²) < 4.78 is 28.2. The lowest BCUT2D eigenvalue weighted by molar-refractivity contribution is 0.136. The molecule has 0 N–H and O–H groups in total. The van der Waals surface area contributed by atoms with Crippen molar-refractivity contribution in [3.63, 3.8) is 0 Å². The number of thiophene rings is 1. The van der Waals surface area contributed by atoms with Crippen molar-refractivity contribution in [3.8, 4) is 0 Å². The number of rotatable bonds is 2. The zero-order valence-corrected chi connectivity index (χ0v) is 13.9. The van der Waals surface area contributed by atoms with Crippen LogP contribution in [0.1, 0.15) is 32.1 Å². The number of sulfonamides is 1. The van der Waals surface area contributed by atoms with E-state index in [0.29, 0.717) is 16.7 Å². The second-order valence-electron chi connectivity index (χ2n) is 5.51. The van der Waals surface area contributed by atoms with Crippen LogP contribution in [0.4, 0.5) is 0 Å². The molecule has 0 unspecified atom stereocenters. The molecule has 1 saturated carbocycles. The van der Waals surface area contributed by atoms with Gasteiger partial charge >= 0.3 is 0 Å². The summed E-state index contributed by atoms with van der Waals surface area (Å²) in [7, 11) is -3.27. The van der Waals surface area contributed by atoms with Gasteiger partial charge in [0.15, 0.2) is 0 Å². The first-order valence-electron chi connectivity index (χ1n) is 6.83. The lowest BCUT2D eigenvalue weighted by Crippen LogP contribution is -2.44. The number of halogens is 1. The largest absolute Gasteiger partial charge is 0.252 e. The Morgan fingerprint density at radius 1 is 1.16 bits per heavy atom. The Hall–Kier alpha value is 0.0900. The molecule has 1 saturated heterocycles. The first-order chi connectivity index (χ1) is 9.07. The molecular weight excluding hydrogens is 346 g/mol. The highest BCUT2D eigenvalue weighted by Gasteiger charge is 2.36. The minimum atomic E-state index is -3.27. The summed E-state index contributed by atoms with van der Waals surface area (Å²) in [6.45, 7) is 1.42. The van der Waals surface area contributed by atoms with Crippen molar-refractivity contribution in [2.75, 3.05) is 13.1 Å². The smallest absolute Gasteiger partial charge is 0.206 e. The third-order valence-corrected chi connectivity index (χ3v) is 8.35. The molecule has 1 aromatic rings. The molecule has 3 nitrogen and oxygen atoms in total. The highest BCUT2D eigenvalue weighted by molar-refractivity contribution is 9.11. The fourth-order valence-electron chi connectivity index (χ4n) is 3.35. The lowest BCUT2D eigenvalue weighted by Gasteiger charge is -2.40. The molecule has 6 heteroatoms. The second kappa shape index (κ2) is 5.47. The van der Waals surface area contributed by atoms with Gasteiger partial charge in [0.05, 0.1) is 3.79 Å². The average molecular weight is 364 g/mol. The SMILES string of the molecule is O=S(=O)(c1ccc(Br)s1)N1CC[C@H]2CCCC[C@@H]2C1. The Morgan fingerprint density at radius 2 is 1.89 bits per heavy atom. The summed E-state index contributed by atoms with van der Waals surface area (Å²) in [6.07, 6.45) is 6.12. The van der Waals surface area contributed by atoms with E-state index in [1.165, 1.54) is 37.0 Å². The fourth-order valence-corrected chi connectivity index (χ4v) is 7.03. The monoisotopic (exact) mass is 363 g/mol. The van der Waals surface area contributed by atoms with Crippen LogP contribution in [0.15, 0.2) is 20.1 Å². The number of fused-ring (bicyclic) bond motifs is 1. The fraction of sp³-hybridized carbons (Fsp3) is 0.692. The van der Waals surface area contributed by atoms with Crippen LogP contribution < -0.4 is 0 Å². The molecule has 2 heterocycles. The number of nitrogens with zero attached hydrogens (tertiary/aromatic N) is 1. The Kier molecular flexibility index (Phi) is 4.04. The molecule has 2 aliphatic rings. The Morgan fingerprint density at radius 3 is 2.58 bits per heavy atom. The summed E-state index contributed by atoms with van der Waals surface area (Å²) in [5.74, 6) is 1.34. The Labute approximate surface area is 127 Å². The highest BCUT2D eigenvalue weighted by atomic mass is 79.9. The van der Waals surface area contributed by atoms with E-state index in [9.17, 15) is 8.42 Å². The van der Waals surface area contributed by atoms with Gasteiger partial charge in [0.25, 0.3) is 10.0 Å². The Bertz CT molecular complexity index is 555. The number of piperidine rings is 1. The first kappa shape index (κ1) is 14.0. The van der Waals surface area contributed by atoms with E-state index < -0.39 is 10.0 Å². The van der Waals surface area contributed by atoms with E-state index in [4.69, 9.17) is 0 Å². The highest BCUT2D eigenvalue weighted by Crippen LogP contribution is 2.38. The van der Waals surface area contributed by atoms with Crippen LogP contribution in [-0.4, -0.2) is 25.8 Å². The van der Waals surface area contributed by atoms with Crippen molar-refractivity contribution in [2.24, 2.45) is 11.8 Å². The molecule has 2 fully saturated rings. The quantitative estimate of drug-likeness (QED) is 0.802. The third-order valence-electron chi connectivity index (χ3n) is 4.40. The minimum Gasteiger partial charge on any atom is -0.206 e. The van der Waals surface area contributed by atoms with Gasteiger partial charge in [-0.1, -0.05) is 19.3 Å². The van der Waals surface area contributed by atoms with Gasteiger partial charge in [-0.05, 0) is 52.7 Å². The molecule has 1 aliphatic carbocycles. The van der Waals surface area contributed by atoms with E-state index in [-0.39, 0.29) is 0 Å². The van der Waals surface area contributed by atoms with Crippen molar-refractivity contribution >= 4 is 37.3 Å². The average Bonchev–Trinajstić information content (AvgIpc) is 2.85. The molecule has 0 radical (unpaired) electrons. The zero-order chi connectivity index (χ0) is 13.5. The van der Waals surface area contributed by atoms with E-state index in [0.717, 1.165) is 22.7 Å². The molecule has 0 amide bonds. The molecule has 0 spiro atoms. The molecule has 19 heavy (non-hydrogen) atoms. The van der Waals surface area contributed by atoms with Crippen molar-refractivity contribution in [1.82, 2.24) is 4.31 Å². The maximum Gasteiger partial charge on any atom is 0.252 e. The molecule has 1 aliphatic heterocycles. The molecule has 2 atom stereocenters. The van der Waals surface area contributed by atoms with Gasteiger partial charge in [0.1, 0.15) is 4.21 Å². The number of hydrogen-bond donors (Lipinski definition) is 0. The summed E-state index contributed by atoms with van der Waals surface area (Å²) in [6, 6.07) is 3.52. The molecule has 3 rings (SSSR count). The maximum atomic E-state index is 12.6. The van der Waals surface area contributed by atoms with Gasteiger partial charge in [0.2, 0.25) is 0 Å². The van der Waals surface area contributed by atoms with Crippen LogP contribution in [0.5, 0.6) is 0 Å². The van der Waals surface area contributed by atoms with Crippen molar-refractivity contribution in [2.45, 2.75) is 36.3 Å². The molecule has 0 aromatic carbocycles. The van der Waals surface area contributed by atoms with Gasteiger partial charge in [0, 0.05) is 13.1 Å². The van der Waals surface area contributed by atoms with E-state index in [1.54, 1.807) is 10.4 Å². The first-order valence-corrected chi connectivity index (χ1v) is 9.88. The Balaban J connectivity index is 1.79. The van der Waals surface area contributed by atoms with Crippen LogP contribution in [0, 0.1) is 11.8 Å². The van der Waals surface area contributed by atoms with Crippen LogP contribution in [0.25, 0.3) is 0 Å². The predicted molar refractivity (Wildman–Crippen MR) is 80.8 cm³/mol. The second-order valence-corrected chi connectivity index (χ2v) is 10.1. The summed E-state index contributed by atoms with van der Waals surface area (Å²) in [5.41, 5.74) is 0. The van der Waals surface area contributed by atoms with Crippen molar-refractivity contribution in [3.05, 3.63) is 15.9 Å². The lowest BCUT2D eigenvalue weighted by atomic mass is 9.76. The zero-order valence-electron chi connectivity index (χ0n) is 10.7. The van der Waals surface area contributed by atoms with E-state index >= 15 is 0 Å². The summed E-state index contributed by atoms with van der Waals surface area (Å²) in [5, 5.41) is 0. The third kappa shape index (κ3) is 2.77. The summed E-state index contributed by atoms with van der Waals surface area (Å²) >= 11 is 4.64. The topological polar surface area (TPSA) is 37.4 Å². The maximum absolute atomic E-state index is 12.6. The minimum absolute atomic E-state index is 0.466. The van der Waals surface area contributed by atoms with Gasteiger partial charge in [-0.25, -0.2) is 8.42 Å². The summed E-state index contributed by atoms with van der Waals surface area (Å²) in [4.78, 5) is 0. The number of hydrogen-bond acceptors (Lipinski definition) is 3. The normalized spacial score (nSPS) is 29.1. The van der Waals surface area contributed by atoms with Gasteiger partial charge in [-0.2, -0.15) is 4.31 Å². The predicted octanol–water partition coefficient (Wildman–Crippen LogP) is 3.71. The molecule has 0 bridgehead atoms. The molecular formula is C13H18BrNO2S2. The molecule has 106 valence electrons. The van der Waals surface area contributed by atoms with E-state index in [2.05, 4.69) is 15.9 Å². The van der Waals surface area contributed by atoms with Gasteiger partial charge in [-0.15, -0.1) is 11.3 Å². The van der Waals surface area contributed by atoms with Crippen molar-refractivity contribution < 1.29 is 8.42 Å². The van der Waals surface area contributed by atoms with Crippen LogP contribution in [0.2, 0.25) is 0 Å². The van der Waals surface area contributed by atoms with Crippen LogP contribution in [-0.2, 0) is 10.0 Å². The van der Waals surface area contributed by atoms with Gasteiger partial charge < -0.3 is 0 Å². The van der Waals surface area contributed by atoms with Gasteiger partial charge in [-0.3, -0.25) is 0 Å². The van der Waals surface area contributed by atoms with Crippen molar-refractivity contribution in [1.29, 1.82) is 0 Å². The molecule has 1 aromatic heterocycles. The van der Waals surface area contributed by atoms with Crippen LogP contribution in [0.3, 0.4) is 0 Å². The standard InChI is InChI=1S/C13H18BrNO2S2/c14-12-5-6-13(18-12)19(16,17)15-8-7-10-3-1-2-4-11(10)9-15/h5-6,10-11H,1-4,7-9H2/t10-,11-/m1/s1. The van der Waals surface area contributed by atoms with E-state index in [1.807, 2.05) is 6.07 Å².